The summed E-state index contributed by atoms with van der Waals surface area (Å²) < 4.78 is 17.5. The largest absolute Gasteiger partial charge is 0.394 e. The highest BCUT2D eigenvalue weighted by molar-refractivity contribution is 4.92. The van der Waals surface area contributed by atoms with E-state index in [4.69, 9.17) is 10.6 Å². The van der Waals surface area contributed by atoms with Gasteiger partial charge in [0, 0.05) is 4.91 Å². The van der Waals surface area contributed by atoms with E-state index in [1.807, 2.05) is 0 Å². The summed E-state index contributed by atoms with van der Waals surface area (Å²) in [6.07, 6.45) is -6.28. The van der Waals surface area contributed by atoms with Crippen molar-refractivity contribution in [1.29, 1.82) is 0 Å². The quantitative estimate of drug-likeness (QED) is 0.308. The highest BCUT2D eigenvalue weighted by Gasteiger charge is 2.44. The summed E-state index contributed by atoms with van der Waals surface area (Å²) in [5.74, 6) is 0. The fraction of sp³-hybridized carbons (Fsp3) is 1.00. The molecule has 0 saturated carbocycles. The van der Waals surface area contributed by atoms with E-state index in [0.29, 0.717) is 0 Å². The number of nitrogens with zero attached hydrogens (tertiary/aromatic N) is 3. The van der Waals surface area contributed by atoms with Crippen molar-refractivity contribution in [3.63, 3.8) is 0 Å². The van der Waals surface area contributed by atoms with Crippen LogP contribution in [-0.4, -0.2) is 52.6 Å². The first-order chi connectivity index (χ1) is 6.61. The molecular formula is C6H10FN3O4. The van der Waals surface area contributed by atoms with Gasteiger partial charge in [0.05, 0.1) is 12.7 Å². The Labute approximate surface area is 78.4 Å². The third-order valence-electron chi connectivity index (χ3n) is 2.02. The van der Waals surface area contributed by atoms with Gasteiger partial charge in [0.2, 0.25) is 6.36 Å². The van der Waals surface area contributed by atoms with Crippen LogP contribution in [0.15, 0.2) is 5.11 Å². The second-order valence-corrected chi connectivity index (χ2v) is 2.88. The Morgan fingerprint density at radius 3 is 2.57 bits per heavy atom. The van der Waals surface area contributed by atoms with Crippen LogP contribution in [0.4, 0.5) is 4.39 Å². The van der Waals surface area contributed by atoms with Crippen LogP contribution in [-0.2, 0) is 4.74 Å². The number of rotatable bonds is 2. The van der Waals surface area contributed by atoms with E-state index in [0.717, 1.165) is 0 Å². The van der Waals surface area contributed by atoms with Crippen LogP contribution in [0.3, 0.4) is 0 Å². The van der Waals surface area contributed by atoms with Gasteiger partial charge in [-0.05, 0) is 5.53 Å². The predicted molar refractivity (Wildman–Crippen MR) is 41.8 cm³/mol. The average Bonchev–Trinajstić information content (AvgIpc) is 2.18. The number of aliphatic hydroxyl groups is 3. The predicted octanol–water partition coefficient (Wildman–Crippen LogP) is -0.926. The van der Waals surface area contributed by atoms with Crippen LogP contribution < -0.4 is 0 Å². The lowest BCUT2D eigenvalue weighted by Gasteiger charge is -2.36. The normalized spacial score (nSPS) is 43.0. The summed E-state index contributed by atoms with van der Waals surface area (Å²) >= 11 is 0. The Morgan fingerprint density at radius 1 is 1.43 bits per heavy atom. The Balaban J connectivity index is 2.78. The van der Waals surface area contributed by atoms with Crippen molar-refractivity contribution in [3.8, 4) is 0 Å². The molecule has 0 aliphatic carbocycles. The van der Waals surface area contributed by atoms with Gasteiger partial charge < -0.3 is 20.1 Å². The molecule has 1 saturated heterocycles. The van der Waals surface area contributed by atoms with Crippen molar-refractivity contribution in [2.24, 2.45) is 5.11 Å². The Morgan fingerprint density at radius 2 is 2.07 bits per heavy atom. The summed E-state index contributed by atoms with van der Waals surface area (Å²) in [5, 5.41) is 30.2. The van der Waals surface area contributed by atoms with Crippen molar-refractivity contribution in [3.05, 3.63) is 10.4 Å². The van der Waals surface area contributed by atoms with Crippen molar-refractivity contribution in [1.82, 2.24) is 0 Å². The number of halogens is 1. The molecule has 5 atom stereocenters. The number of aliphatic hydroxyl groups excluding tert-OH is 3. The zero-order valence-electron chi connectivity index (χ0n) is 7.06. The van der Waals surface area contributed by atoms with Gasteiger partial charge in [-0.15, -0.1) is 0 Å². The van der Waals surface area contributed by atoms with Crippen LogP contribution in [0.25, 0.3) is 10.4 Å². The molecule has 1 fully saturated rings. The Bertz CT molecular complexity index is 247. The molecule has 0 spiro atoms. The molecule has 0 radical (unpaired) electrons. The van der Waals surface area contributed by atoms with Crippen molar-refractivity contribution in [2.75, 3.05) is 6.61 Å². The van der Waals surface area contributed by atoms with Gasteiger partial charge in [-0.25, -0.2) is 4.39 Å². The van der Waals surface area contributed by atoms with Gasteiger partial charge in [-0.2, -0.15) is 0 Å². The van der Waals surface area contributed by atoms with Crippen molar-refractivity contribution >= 4 is 0 Å². The van der Waals surface area contributed by atoms with Gasteiger partial charge in [0.15, 0.2) is 0 Å². The highest BCUT2D eigenvalue weighted by Crippen LogP contribution is 2.24. The molecule has 7 nitrogen and oxygen atoms in total. The molecule has 0 aromatic carbocycles. The van der Waals surface area contributed by atoms with Crippen LogP contribution in [0.2, 0.25) is 0 Å². The Kier molecular flexibility index (Phi) is 3.62. The molecule has 0 unspecified atom stereocenters. The number of ether oxygens (including phenoxy) is 1. The maximum absolute atomic E-state index is 13.0. The minimum Gasteiger partial charge on any atom is -0.394 e. The van der Waals surface area contributed by atoms with E-state index in [-0.39, 0.29) is 0 Å². The molecule has 1 heterocycles. The molecule has 1 rings (SSSR count). The number of alkyl halides is 1. The van der Waals surface area contributed by atoms with Crippen LogP contribution in [0.5, 0.6) is 0 Å². The summed E-state index contributed by atoms with van der Waals surface area (Å²) in [7, 11) is 0. The SMILES string of the molecule is [N-]=[N+]=N[C@@H]1[C@@H](O)[C@@H](O)[C@@H](CO)O[C@H]1F. The molecule has 3 N–H and O–H groups in total. The third-order valence-corrected chi connectivity index (χ3v) is 2.02. The summed E-state index contributed by atoms with van der Waals surface area (Å²) in [6.45, 7) is -0.623. The maximum Gasteiger partial charge on any atom is 0.210 e. The lowest BCUT2D eigenvalue weighted by atomic mass is 9.98. The van der Waals surface area contributed by atoms with Crippen molar-refractivity contribution < 1.29 is 24.4 Å². The Hall–Kier alpha value is -0.920. The zero-order valence-corrected chi connectivity index (χ0v) is 7.06. The topological polar surface area (TPSA) is 119 Å². The maximum atomic E-state index is 13.0. The molecular weight excluding hydrogens is 197 g/mol. The van der Waals surface area contributed by atoms with E-state index in [1.54, 1.807) is 0 Å². The molecule has 0 aromatic rings. The van der Waals surface area contributed by atoms with E-state index in [1.165, 1.54) is 0 Å². The first-order valence-corrected chi connectivity index (χ1v) is 3.92. The molecule has 1 aliphatic heterocycles. The summed E-state index contributed by atoms with van der Waals surface area (Å²) in [4.78, 5) is 2.32. The van der Waals surface area contributed by atoms with Gasteiger partial charge in [0.25, 0.3) is 0 Å². The van der Waals surface area contributed by atoms with Gasteiger partial charge >= 0.3 is 0 Å². The fourth-order valence-electron chi connectivity index (χ4n) is 1.24. The number of hydrogen-bond acceptors (Lipinski definition) is 5. The molecule has 0 amide bonds. The van der Waals surface area contributed by atoms with Gasteiger partial charge in [-0.1, -0.05) is 5.11 Å². The second-order valence-electron chi connectivity index (χ2n) is 2.88. The van der Waals surface area contributed by atoms with E-state index >= 15 is 0 Å². The summed E-state index contributed by atoms with van der Waals surface area (Å²) in [6, 6.07) is -1.49. The first-order valence-electron chi connectivity index (χ1n) is 3.92. The molecule has 0 bridgehead atoms. The lowest BCUT2D eigenvalue weighted by Crippen LogP contribution is -2.56. The molecule has 14 heavy (non-hydrogen) atoms. The fourth-order valence-corrected chi connectivity index (χ4v) is 1.24. The monoisotopic (exact) mass is 207 g/mol. The first kappa shape index (κ1) is 11.2. The molecule has 1 aliphatic rings. The lowest BCUT2D eigenvalue weighted by molar-refractivity contribution is -0.223. The van der Waals surface area contributed by atoms with Crippen molar-refractivity contribution in [2.45, 2.75) is 30.7 Å². The molecule has 80 valence electrons. The minimum atomic E-state index is -2.03. The smallest absolute Gasteiger partial charge is 0.210 e. The van der Waals surface area contributed by atoms with Gasteiger partial charge in [-0.3, -0.25) is 0 Å². The highest BCUT2D eigenvalue weighted by atomic mass is 19.1. The molecule has 0 aromatic heterocycles. The molecule has 8 heteroatoms. The average molecular weight is 207 g/mol. The van der Waals surface area contributed by atoms with Crippen LogP contribution in [0.1, 0.15) is 0 Å². The minimum absolute atomic E-state index is 0.623. The van der Waals surface area contributed by atoms with Crippen LogP contribution in [0, 0.1) is 0 Å². The third kappa shape index (κ3) is 1.94. The second kappa shape index (κ2) is 4.54. The number of azide groups is 1. The van der Waals surface area contributed by atoms with E-state index in [2.05, 4.69) is 14.8 Å². The number of hydrogen-bond donors (Lipinski definition) is 3. The summed E-state index contributed by atoms with van der Waals surface area (Å²) in [5.41, 5.74) is 8.06. The zero-order chi connectivity index (χ0) is 10.7. The van der Waals surface area contributed by atoms with Crippen LogP contribution >= 0.6 is 0 Å². The van der Waals surface area contributed by atoms with E-state index < -0.39 is 37.3 Å². The van der Waals surface area contributed by atoms with E-state index in [9.17, 15) is 14.6 Å². The van der Waals surface area contributed by atoms with Gasteiger partial charge in [0.1, 0.15) is 18.2 Å². The standard InChI is InChI=1S/C6H10FN3O4/c7-6-3(9-10-8)5(13)4(12)2(1-11)14-6/h2-6,11-13H,1H2/t2-,3-,4+,5-,6-/m1/s1.